The average Bonchev–Trinajstić information content (AvgIpc) is 2.32. The average molecular weight is 298 g/mol. The lowest BCUT2D eigenvalue weighted by Gasteiger charge is -2.27. The second kappa shape index (κ2) is 6.31. The summed E-state index contributed by atoms with van der Waals surface area (Å²) in [4.78, 5) is 13.3. The highest BCUT2D eigenvalue weighted by Gasteiger charge is 2.22. The van der Waals surface area contributed by atoms with Crippen LogP contribution in [0.3, 0.4) is 0 Å². The van der Waals surface area contributed by atoms with Crippen LogP contribution in [0, 0.1) is 5.41 Å². The minimum Gasteiger partial charge on any atom is -0.303 e. The molecule has 0 aliphatic carbocycles. The van der Waals surface area contributed by atoms with Crippen molar-refractivity contribution in [3.63, 3.8) is 0 Å². The summed E-state index contributed by atoms with van der Waals surface area (Å²) in [5, 5.41) is 0. The van der Waals surface area contributed by atoms with Crippen LogP contribution in [0.15, 0.2) is 28.7 Å². The van der Waals surface area contributed by atoms with Gasteiger partial charge in [0, 0.05) is 23.0 Å². The Morgan fingerprint density at radius 3 is 2.41 bits per heavy atom. The Kier molecular flexibility index (Phi) is 5.34. The molecule has 1 atom stereocenters. The number of carbonyl (C=O) groups excluding carboxylic acids is 1. The van der Waals surface area contributed by atoms with Crippen LogP contribution in [0.25, 0.3) is 0 Å². The van der Waals surface area contributed by atoms with Crippen LogP contribution in [0.4, 0.5) is 0 Å². The van der Waals surface area contributed by atoms with Gasteiger partial charge in [0.15, 0.2) is 0 Å². The van der Waals surface area contributed by atoms with E-state index in [9.17, 15) is 4.79 Å². The first-order valence-corrected chi connectivity index (χ1v) is 6.68. The summed E-state index contributed by atoms with van der Waals surface area (Å²) in [6.45, 7) is 5.74. The van der Waals surface area contributed by atoms with Gasteiger partial charge >= 0.3 is 0 Å². The smallest absolute Gasteiger partial charge is 0.127 e. The van der Waals surface area contributed by atoms with E-state index in [2.05, 4.69) is 46.9 Å². The molecule has 0 radical (unpaired) electrons. The molecule has 17 heavy (non-hydrogen) atoms. The summed E-state index contributed by atoms with van der Waals surface area (Å²) in [5.41, 5.74) is 1.03. The molecule has 0 aliphatic rings. The van der Waals surface area contributed by atoms with Crippen LogP contribution < -0.4 is 0 Å². The van der Waals surface area contributed by atoms with Crippen molar-refractivity contribution in [3.05, 3.63) is 34.3 Å². The maximum atomic E-state index is 11.1. The predicted octanol–water partition coefficient (Wildman–Crippen LogP) is 3.50. The molecule has 1 rings (SSSR count). The molecule has 0 saturated heterocycles. The van der Waals surface area contributed by atoms with Crippen LogP contribution in [0.5, 0.6) is 0 Å². The quantitative estimate of drug-likeness (QED) is 0.749. The van der Waals surface area contributed by atoms with Crippen LogP contribution >= 0.6 is 15.9 Å². The molecule has 1 unspecified atom stereocenters. The molecular weight excluding hydrogens is 278 g/mol. The molecular formula is C14H20BrNO. The molecule has 1 aromatic rings. The Morgan fingerprint density at radius 2 is 1.94 bits per heavy atom. The molecule has 1 aromatic carbocycles. The largest absolute Gasteiger partial charge is 0.303 e. The number of halogens is 1. The monoisotopic (exact) mass is 297 g/mol. The van der Waals surface area contributed by atoms with Crippen molar-refractivity contribution < 1.29 is 4.79 Å². The molecule has 0 bridgehead atoms. The van der Waals surface area contributed by atoms with E-state index in [-0.39, 0.29) is 5.41 Å². The summed E-state index contributed by atoms with van der Waals surface area (Å²) in [7, 11) is 2.06. The van der Waals surface area contributed by atoms with Crippen LogP contribution in [-0.4, -0.2) is 24.8 Å². The number of carbonyl (C=O) groups is 1. The molecule has 94 valence electrons. The molecule has 0 aliphatic heterocycles. The first-order valence-electron chi connectivity index (χ1n) is 5.88. The third kappa shape index (κ3) is 4.60. The number of benzene rings is 1. The van der Waals surface area contributed by atoms with E-state index in [0.717, 1.165) is 30.3 Å². The normalized spacial score (nSPS) is 14.6. The van der Waals surface area contributed by atoms with E-state index in [1.807, 2.05) is 19.1 Å². The third-order valence-corrected chi connectivity index (χ3v) is 3.62. The molecule has 2 nitrogen and oxygen atoms in total. The van der Waals surface area contributed by atoms with E-state index in [4.69, 9.17) is 0 Å². The van der Waals surface area contributed by atoms with Crippen LogP contribution in [0.2, 0.25) is 0 Å². The highest BCUT2D eigenvalue weighted by molar-refractivity contribution is 9.10. The second-order valence-corrected chi connectivity index (χ2v) is 5.84. The van der Waals surface area contributed by atoms with Gasteiger partial charge in [0.1, 0.15) is 6.29 Å². The van der Waals surface area contributed by atoms with Crippen molar-refractivity contribution in [1.29, 1.82) is 0 Å². The highest BCUT2D eigenvalue weighted by atomic mass is 79.9. The Bertz CT molecular complexity index is 363. The Hall–Kier alpha value is -0.670. The molecule has 0 fully saturated rings. The summed E-state index contributed by atoms with van der Waals surface area (Å²) >= 11 is 3.42. The summed E-state index contributed by atoms with van der Waals surface area (Å²) in [6, 6.07) is 8.29. The number of hydrogen-bond acceptors (Lipinski definition) is 2. The van der Waals surface area contributed by atoms with E-state index >= 15 is 0 Å². The number of rotatable bonds is 6. The first-order chi connectivity index (χ1) is 7.99. The maximum Gasteiger partial charge on any atom is 0.127 e. The Balaban J connectivity index is 2.57. The Morgan fingerprint density at radius 1 is 1.35 bits per heavy atom. The zero-order valence-electron chi connectivity index (χ0n) is 10.7. The van der Waals surface area contributed by atoms with Gasteiger partial charge in [0.05, 0.1) is 0 Å². The number of nitrogens with zero attached hydrogens (tertiary/aromatic N) is 1. The van der Waals surface area contributed by atoms with Gasteiger partial charge in [-0.2, -0.15) is 0 Å². The fourth-order valence-corrected chi connectivity index (χ4v) is 2.07. The van der Waals surface area contributed by atoms with Crippen molar-refractivity contribution in [2.24, 2.45) is 5.41 Å². The van der Waals surface area contributed by atoms with Crippen LogP contribution in [0.1, 0.15) is 25.8 Å². The van der Waals surface area contributed by atoms with Crippen LogP contribution in [-0.2, 0) is 11.3 Å². The topological polar surface area (TPSA) is 20.3 Å². The van der Waals surface area contributed by atoms with Gasteiger partial charge in [-0.15, -0.1) is 0 Å². The van der Waals surface area contributed by atoms with Gasteiger partial charge in [-0.05, 0) is 31.2 Å². The zero-order chi connectivity index (χ0) is 12.9. The Labute approximate surface area is 112 Å². The number of hydrogen-bond donors (Lipinski definition) is 0. The summed E-state index contributed by atoms with van der Waals surface area (Å²) in [6.07, 6.45) is 1.95. The predicted molar refractivity (Wildman–Crippen MR) is 74.9 cm³/mol. The van der Waals surface area contributed by atoms with Gasteiger partial charge in [0.25, 0.3) is 0 Å². The fraction of sp³-hybridized carbons (Fsp3) is 0.500. The van der Waals surface area contributed by atoms with Gasteiger partial charge < -0.3 is 9.69 Å². The van der Waals surface area contributed by atoms with Gasteiger partial charge in [-0.25, -0.2) is 0 Å². The lowest BCUT2D eigenvalue weighted by molar-refractivity contribution is -0.116. The number of aldehydes is 1. The van der Waals surface area contributed by atoms with E-state index in [1.54, 1.807) is 0 Å². The highest BCUT2D eigenvalue weighted by Crippen LogP contribution is 2.20. The van der Waals surface area contributed by atoms with E-state index < -0.39 is 0 Å². The molecule has 0 amide bonds. The van der Waals surface area contributed by atoms with E-state index in [1.165, 1.54) is 5.56 Å². The van der Waals surface area contributed by atoms with Crippen molar-refractivity contribution in [3.8, 4) is 0 Å². The lowest BCUT2D eigenvalue weighted by atomic mass is 9.89. The molecule has 0 saturated carbocycles. The third-order valence-electron chi connectivity index (χ3n) is 3.09. The van der Waals surface area contributed by atoms with Gasteiger partial charge in [-0.3, -0.25) is 0 Å². The van der Waals surface area contributed by atoms with Crippen molar-refractivity contribution >= 4 is 22.2 Å². The molecule has 0 spiro atoms. The first kappa shape index (κ1) is 14.4. The molecule has 0 N–H and O–H groups in total. The molecule has 3 heteroatoms. The summed E-state index contributed by atoms with van der Waals surface area (Å²) in [5.74, 6) is 0. The minimum atomic E-state index is -0.232. The van der Waals surface area contributed by atoms with Gasteiger partial charge in [-0.1, -0.05) is 41.9 Å². The van der Waals surface area contributed by atoms with Crippen molar-refractivity contribution in [2.45, 2.75) is 26.8 Å². The fourth-order valence-electron chi connectivity index (χ4n) is 1.81. The SMILES string of the molecule is CCC(C)(C=O)CN(C)Cc1ccc(Br)cc1. The maximum absolute atomic E-state index is 11.1. The summed E-state index contributed by atoms with van der Waals surface area (Å²) < 4.78 is 1.09. The van der Waals surface area contributed by atoms with Crippen molar-refractivity contribution in [2.75, 3.05) is 13.6 Å². The minimum absolute atomic E-state index is 0.232. The molecule has 0 heterocycles. The zero-order valence-corrected chi connectivity index (χ0v) is 12.3. The molecule has 0 aromatic heterocycles. The lowest BCUT2D eigenvalue weighted by Crippen LogP contribution is -2.33. The standard InChI is InChI=1S/C14H20BrNO/c1-4-14(2,11-17)10-16(3)9-12-5-7-13(15)8-6-12/h5-8,11H,4,9-10H2,1-3H3. The second-order valence-electron chi connectivity index (χ2n) is 4.92. The van der Waals surface area contributed by atoms with E-state index in [0.29, 0.717) is 0 Å². The van der Waals surface area contributed by atoms with Crippen molar-refractivity contribution in [1.82, 2.24) is 4.90 Å². The van der Waals surface area contributed by atoms with Gasteiger partial charge in [0.2, 0.25) is 0 Å².